The number of halogens is 1. The molecule has 19 heavy (non-hydrogen) atoms. The first kappa shape index (κ1) is 16.7. The van der Waals surface area contributed by atoms with Gasteiger partial charge < -0.3 is 9.74 Å². The number of nitrogens with zero attached hydrogens (tertiary/aromatic N) is 1. The molecule has 1 aromatic rings. The van der Waals surface area contributed by atoms with Gasteiger partial charge in [-0.25, -0.2) is 0 Å². The number of anilines is 1. The molecule has 0 amide bonds. The molecular formula is C14H25BrN2OSi. The lowest BCUT2D eigenvalue weighted by molar-refractivity contribution is 0.276. The minimum atomic E-state index is -1.66. The molecule has 1 N–H and O–H groups in total. The van der Waals surface area contributed by atoms with Crippen LogP contribution in [0.1, 0.15) is 27.7 Å². The van der Waals surface area contributed by atoms with Gasteiger partial charge in [-0.1, -0.05) is 20.8 Å². The maximum absolute atomic E-state index is 6.20. The van der Waals surface area contributed by atoms with Crippen molar-refractivity contribution < 1.29 is 4.43 Å². The van der Waals surface area contributed by atoms with Gasteiger partial charge in [-0.3, -0.25) is 4.98 Å². The van der Waals surface area contributed by atoms with E-state index >= 15 is 0 Å². The average molecular weight is 345 g/mol. The molecule has 3 nitrogen and oxygen atoms in total. The molecule has 0 spiro atoms. The van der Waals surface area contributed by atoms with E-state index in [1.807, 2.05) is 12.3 Å². The number of aromatic nitrogens is 1. The van der Waals surface area contributed by atoms with Gasteiger partial charge in [0.2, 0.25) is 0 Å². The Morgan fingerprint density at radius 1 is 1.37 bits per heavy atom. The molecule has 108 valence electrons. The highest BCUT2D eigenvalue weighted by atomic mass is 79.9. The Labute approximate surface area is 126 Å². The van der Waals surface area contributed by atoms with Crippen LogP contribution in [0.25, 0.3) is 0 Å². The zero-order valence-corrected chi connectivity index (χ0v) is 15.3. The summed E-state index contributed by atoms with van der Waals surface area (Å²) in [7, 11) is -1.66. The number of pyridine rings is 1. The second-order valence-corrected chi connectivity index (χ2v) is 12.2. The molecule has 1 rings (SSSR count). The minimum Gasteiger partial charge on any atom is -0.415 e. The zero-order valence-electron chi connectivity index (χ0n) is 12.7. The Kier molecular flexibility index (Phi) is 5.59. The van der Waals surface area contributed by atoms with E-state index in [4.69, 9.17) is 4.43 Å². The van der Waals surface area contributed by atoms with Crippen molar-refractivity contribution in [2.45, 2.75) is 51.9 Å². The van der Waals surface area contributed by atoms with Crippen LogP contribution in [0.5, 0.6) is 0 Å². The van der Waals surface area contributed by atoms with Crippen LogP contribution in [-0.4, -0.2) is 26.0 Å². The molecule has 0 saturated heterocycles. The standard InChI is InChI=1S/C14H25BrN2OSi/c1-11(10-18-19(5,6)14(2,3)4)17-13-7-12(15)8-16-9-13/h7-9,11,17H,10H2,1-6H3. The van der Waals surface area contributed by atoms with Crippen molar-refractivity contribution in [3.05, 3.63) is 22.9 Å². The van der Waals surface area contributed by atoms with Crippen LogP contribution >= 0.6 is 15.9 Å². The summed E-state index contributed by atoms with van der Waals surface area (Å²) < 4.78 is 7.18. The first-order chi connectivity index (χ1) is 8.62. The van der Waals surface area contributed by atoms with Crippen LogP contribution in [0, 0.1) is 0 Å². The molecule has 0 bridgehead atoms. The quantitative estimate of drug-likeness (QED) is 0.788. The van der Waals surface area contributed by atoms with Crippen molar-refractivity contribution in [2.24, 2.45) is 0 Å². The molecular weight excluding hydrogens is 320 g/mol. The van der Waals surface area contributed by atoms with E-state index in [9.17, 15) is 0 Å². The molecule has 1 heterocycles. The molecule has 0 aliphatic heterocycles. The molecule has 0 aliphatic carbocycles. The van der Waals surface area contributed by atoms with Crippen LogP contribution in [0.3, 0.4) is 0 Å². The van der Waals surface area contributed by atoms with Gasteiger partial charge >= 0.3 is 0 Å². The fourth-order valence-electron chi connectivity index (χ4n) is 1.37. The van der Waals surface area contributed by atoms with Crippen molar-refractivity contribution in [1.29, 1.82) is 0 Å². The van der Waals surface area contributed by atoms with Crippen molar-refractivity contribution in [3.8, 4) is 0 Å². The minimum absolute atomic E-state index is 0.254. The van der Waals surface area contributed by atoms with Crippen LogP contribution in [0.2, 0.25) is 18.1 Å². The molecule has 1 atom stereocenters. The molecule has 5 heteroatoms. The summed E-state index contributed by atoms with van der Waals surface area (Å²) in [6.07, 6.45) is 3.61. The summed E-state index contributed by atoms with van der Waals surface area (Å²) in [6.45, 7) is 14.2. The van der Waals surface area contributed by atoms with Gasteiger partial charge in [0.15, 0.2) is 8.32 Å². The second kappa shape index (κ2) is 6.37. The molecule has 0 radical (unpaired) electrons. The van der Waals surface area contributed by atoms with Gasteiger partial charge in [-0.2, -0.15) is 0 Å². The smallest absolute Gasteiger partial charge is 0.192 e. The largest absolute Gasteiger partial charge is 0.415 e. The summed E-state index contributed by atoms with van der Waals surface area (Å²) >= 11 is 3.42. The fraction of sp³-hybridized carbons (Fsp3) is 0.643. The second-order valence-electron chi connectivity index (χ2n) is 6.51. The van der Waals surface area contributed by atoms with E-state index in [0.717, 1.165) is 16.8 Å². The Morgan fingerprint density at radius 2 is 2.00 bits per heavy atom. The molecule has 0 aliphatic rings. The van der Waals surface area contributed by atoms with Gasteiger partial charge in [0.1, 0.15) is 0 Å². The molecule has 0 fully saturated rings. The SMILES string of the molecule is CC(CO[Si](C)(C)C(C)(C)C)Nc1cncc(Br)c1. The summed E-state index contributed by atoms with van der Waals surface area (Å²) in [5.41, 5.74) is 1.01. The summed E-state index contributed by atoms with van der Waals surface area (Å²) in [4.78, 5) is 4.14. The number of nitrogens with one attached hydrogen (secondary N) is 1. The topological polar surface area (TPSA) is 34.1 Å². The van der Waals surface area contributed by atoms with E-state index in [1.165, 1.54) is 0 Å². The lowest BCUT2D eigenvalue weighted by Gasteiger charge is -2.37. The Balaban J connectivity index is 2.51. The lowest BCUT2D eigenvalue weighted by atomic mass is 10.2. The monoisotopic (exact) mass is 344 g/mol. The normalized spacial score (nSPS) is 14.3. The van der Waals surface area contributed by atoms with Gasteiger partial charge in [0.25, 0.3) is 0 Å². The van der Waals surface area contributed by atoms with Crippen molar-refractivity contribution in [1.82, 2.24) is 4.98 Å². The summed E-state index contributed by atoms with van der Waals surface area (Å²) in [5.74, 6) is 0. The number of hydrogen-bond acceptors (Lipinski definition) is 3. The third-order valence-electron chi connectivity index (χ3n) is 3.62. The Hall–Kier alpha value is -0.393. The van der Waals surface area contributed by atoms with Gasteiger partial charge in [-0.15, -0.1) is 0 Å². The van der Waals surface area contributed by atoms with Crippen LogP contribution in [0.15, 0.2) is 22.9 Å². The first-order valence-electron chi connectivity index (χ1n) is 6.63. The summed E-state index contributed by atoms with van der Waals surface area (Å²) in [5, 5.41) is 3.67. The summed E-state index contributed by atoms with van der Waals surface area (Å²) in [6, 6.07) is 2.29. The van der Waals surface area contributed by atoms with Crippen LogP contribution < -0.4 is 5.32 Å². The van der Waals surface area contributed by atoms with Gasteiger partial charge in [0.05, 0.1) is 18.5 Å². The lowest BCUT2D eigenvalue weighted by Crippen LogP contribution is -2.43. The van der Waals surface area contributed by atoms with E-state index < -0.39 is 8.32 Å². The third kappa shape index (κ3) is 5.24. The maximum Gasteiger partial charge on any atom is 0.192 e. The van der Waals surface area contributed by atoms with Crippen molar-refractivity contribution in [2.75, 3.05) is 11.9 Å². The zero-order chi connectivity index (χ0) is 14.7. The Bertz CT molecular complexity index is 418. The van der Waals surface area contributed by atoms with Gasteiger partial charge in [0, 0.05) is 16.7 Å². The fourth-order valence-corrected chi connectivity index (χ4v) is 2.83. The highest BCUT2D eigenvalue weighted by molar-refractivity contribution is 9.10. The van der Waals surface area contributed by atoms with Crippen LogP contribution in [0.4, 0.5) is 5.69 Å². The van der Waals surface area contributed by atoms with Crippen LogP contribution in [-0.2, 0) is 4.43 Å². The van der Waals surface area contributed by atoms with E-state index in [1.54, 1.807) is 6.20 Å². The Morgan fingerprint density at radius 3 is 2.53 bits per heavy atom. The van der Waals surface area contributed by atoms with Crippen molar-refractivity contribution >= 4 is 29.9 Å². The van der Waals surface area contributed by atoms with Crippen molar-refractivity contribution in [3.63, 3.8) is 0 Å². The maximum atomic E-state index is 6.20. The van der Waals surface area contributed by atoms with Gasteiger partial charge in [-0.05, 0) is 47.1 Å². The van der Waals surface area contributed by atoms with E-state index in [2.05, 4.69) is 67.0 Å². The molecule has 0 saturated carbocycles. The molecule has 1 aromatic heterocycles. The number of hydrogen-bond donors (Lipinski definition) is 1. The predicted molar refractivity (Wildman–Crippen MR) is 88.2 cm³/mol. The highest BCUT2D eigenvalue weighted by Crippen LogP contribution is 2.36. The molecule has 1 unspecified atom stereocenters. The molecule has 0 aromatic carbocycles. The highest BCUT2D eigenvalue weighted by Gasteiger charge is 2.37. The first-order valence-corrected chi connectivity index (χ1v) is 10.3. The predicted octanol–water partition coefficient (Wildman–Crippen LogP) is 4.67. The van der Waals surface area contributed by atoms with E-state index in [0.29, 0.717) is 0 Å². The number of rotatable bonds is 5. The van der Waals surface area contributed by atoms with E-state index in [-0.39, 0.29) is 11.1 Å². The third-order valence-corrected chi connectivity index (χ3v) is 8.55. The average Bonchev–Trinajstić information content (AvgIpc) is 2.25.